The number of carbonyl (C=O) groups is 2. The van der Waals surface area contributed by atoms with Crippen LogP contribution in [0.2, 0.25) is 5.02 Å². The van der Waals surface area contributed by atoms with Crippen molar-refractivity contribution in [1.29, 1.82) is 0 Å². The summed E-state index contributed by atoms with van der Waals surface area (Å²) in [7, 11) is 1.57. The Bertz CT molecular complexity index is 850. The second-order valence-electron chi connectivity index (χ2n) is 6.57. The Morgan fingerprint density at radius 2 is 1.61 bits per heavy atom. The van der Waals surface area contributed by atoms with Crippen LogP contribution >= 0.6 is 11.6 Å². The highest BCUT2D eigenvalue weighted by Crippen LogP contribution is 2.20. The van der Waals surface area contributed by atoms with Crippen LogP contribution in [0.1, 0.15) is 17.3 Å². The maximum atomic E-state index is 12.7. The van der Waals surface area contributed by atoms with Crippen LogP contribution in [0.5, 0.6) is 11.5 Å². The third kappa shape index (κ3) is 4.75. The number of ether oxygens (including phenoxy) is 2. The summed E-state index contributed by atoms with van der Waals surface area (Å²) in [4.78, 5) is 28.8. The predicted octanol–water partition coefficient (Wildman–Crippen LogP) is 3.10. The van der Waals surface area contributed by atoms with E-state index in [0.29, 0.717) is 48.3 Å². The van der Waals surface area contributed by atoms with Gasteiger partial charge in [-0.3, -0.25) is 9.59 Å². The van der Waals surface area contributed by atoms with Gasteiger partial charge in [0, 0.05) is 36.8 Å². The second kappa shape index (κ2) is 8.97. The number of piperazine rings is 1. The van der Waals surface area contributed by atoms with Crippen LogP contribution in [0.4, 0.5) is 0 Å². The monoisotopic (exact) mass is 402 g/mol. The van der Waals surface area contributed by atoms with E-state index in [-0.39, 0.29) is 11.8 Å². The third-order valence-electron chi connectivity index (χ3n) is 4.65. The van der Waals surface area contributed by atoms with Gasteiger partial charge >= 0.3 is 0 Å². The van der Waals surface area contributed by atoms with Crippen molar-refractivity contribution in [1.82, 2.24) is 9.80 Å². The van der Waals surface area contributed by atoms with E-state index in [1.165, 1.54) is 0 Å². The first kappa shape index (κ1) is 20.0. The molecule has 1 atom stereocenters. The molecule has 1 aliphatic heterocycles. The molecule has 3 rings (SSSR count). The summed E-state index contributed by atoms with van der Waals surface area (Å²) < 4.78 is 10.9. The molecule has 2 amide bonds. The normalized spacial score (nSPS) is 15.1. The lowest BCUT2D eigenvalue weighted by molar-refractivity contribution is -0.139. The van der Waals surface area contributed by atoms with Crippen molar-refractivity contribution >= 4 is 23.4 Å². The Kier molecular flexibility index (Phi) is 6.41. The molecule has 0 N–H and O–H groups in total. The maximum absolute atomic E-state index is 12.7. The molecule has 6 nitrogen and oxygen atoms in total. The lowest BCUT2D eigenvalue weighted by Gasteiger charge is -2.36. The first-order valence-electron chi connectivity index (χ1n) is 9.12. The fourth-order valence-corrected chi connectivity index (χ4v) is 3.30. The molecule has 1 fully saturated rings. The van der Waals surface area contributed by atoms with Gasteiger partial charge in [0.1, 0.15) is 11.5 Å². The van der Waals surface area contributed by atoms with Gasteiger partial charge in [-0.15, -0.1) is 0 Å². The number of hydrogen-bond donors (Lipinski definition) is 0. The summed E-state index contributed by atoms with van der Waals surface area (Å²) in [6.07, 6.45) is -0.626. The minimum atomic E-state index is -0.626. The SMILES string of the molecule is COc1cccc(C(=O)N2CCN(C(=O)C(C)Oc3cccc(Cl)c3)CC2)c1. The molecule has 0 saturated carbocycles. The highest BCUT2D eigenvalue weighted by Gasteiger charge is 2.28. The zero-order chi connectivity index (χ0) is 20.1. The van der Waals surface area contributed by atoms with Crippen molar-refractivity contribution in [3.05, 3.63) is 59.1 Å². The third-order valence-corrected chi connectivity index (χ3v) is 4.89. The Morgan fingerprint density at radius 1 is 0.964 bits per heavy atom. The highest BCUT2D eigenvalue weighted by molar-refractivity contribution is 6.30. The molecule has 0 spiro atoms. The molecule has 1 heterocycles. The molecule has 148 valence electrons. The number of carbonyl (C=O) groups excluding carboxylic acids is 2. The molecule has 7 heteroatoms. The number of rotatable bonds is 5. The lowest BCUT2D eigenvalue weighted by atomic mass is 10.1. The molecule has 2 aromatic rings. The van der Waals surface area contributed by atoms with Crippen molar-refractivity contribution < 1.29 is 19.1 Å². The molecular weight excluding hydrogens is 380 g/mol. The molecule has 0 aliphatic carbocycles. The quantitative estimate of drug-likeness (QED) is 0.771. The summed E-state index contributed by atoms with van der Waals surface area (Å²) in [5.41, 5.74) is 0.580. The topological polar surface area (TPSA) is 59.1 Å². The van der Waals surface area contributed by atoms with Crippen LogP contribution < -0.4 is 9.47 Å². The minimum Gasteiger partial charge on any atom is -0.497 e. The fourth-order valence-electron chi connectivity index (χ4n) is 3.12. The molecule has 28 heavy (non-hydrogen) atoms. The van der Waals surface area contributed by atoms with Crippen molar-refractivity contribution in [2.75, 3.05) is 33.3 Å². The number of methoxy groups -OCH3 is 1. The van der Waals surface area contributed by atoms with Crippen molar-refractivity contribution in [2.45, 2.75) is 13.0 Å². The molecule has 1 aliphatic rings. The van der Waals surface area contributed by atoms with E-state index in [0.717, 1.165) is 0 Å². The van der Waals surface area contributed by atoms with Gasteiger partial charge in [0.15, 0.2) is 6.10 Å². The molecule has 0 radical (unpaired) electrons. The van der Waals surface area contributed by atoms with Gasteiger partial charge in [-0.2, -0.15) is 0 Å². The number of halogens is 1. The van der Waals surface area contributed by atoms with Gasteiger partial charge in [-0.25, -0.2) is 0 Å². The molecular formula is C21H23ClN2O4. The minimum absolute atomic E-state index is 0.0609. The fraction of sp³-hybridized carbons (Fsp3) is 0.333. The predicted molar refractivity (Wildman–Crippen MR) is 107 cm³/mol. The lowest BCUT2D eigenvalue weighted by Crippen LogP contribution is -2.53. The Labute approximate surface area is 169 Å². The average Bonchev–Trinajstić information content (AvgIpc) is 2.73. The van der Waals surface area contributed by atoms with Crippen molar-refractivity contribution in [3.63, 3.8) is 0 Å². The van der Waals surface area contributed by atoms with E-state index < -0.39 is 6.10 Å². The van der Waals surface area contributed by atoms with Crippen LogP contribution in [-0.4, -0.2) is 61.0 Å². The smallest absolute Gasteiger partial charge is 0.263 e. The van der Waals surface area contributed by atoms with Crippen LogP contribution in [0.15, 0.2) is 48.5 Å². The van der Waals surface area contributed by atoms with Gasteiger partial charge < -0.3 is 19.3 Å². The Balaban J connectivity index is 1.55. The highest BCUT2D eigenvalue weighted by atomic mass is 35.5. The van der Waals surface area contributed by atoms with E-state index in [1.807, 2.05) is 0 Å². The van der Waals surface area contributed by atoms with Crippen LogP contribution in [0.3, 0.4) is 0 Å². The van der Waals surface area contributed by atoms with Gasteiger partial charge in [-0.05, 0) is 43.3 Å². The Hall–Kier alpha value is -2.73. The van der Waals surface area contributed by atoms with Crippen molar-refractivity contribution in [2.24, 2.45) is 0 Å². The van der Waals surface area contributed by atoms with E-state index >= 15 is 0 Å². The average molecular weight is 403 g/mol. The summed E-state index contributed by atoms with van der Waals surface area (Å²) in [6, 6.07) is 14.0. The van der Waals surface area contributed by atoms with E-state index in [2.05, 4.69) is 0 Å². The van der Waals surface area contributed by atoms with E-state index in [9.17, 15) is 9.59 Å². The van der Waals surface area contributed by atoms with Gasteiger partial charge in [0.05, 0.1) is 7.11 Å². The molecule has 1 saturated heterocycles. The number of hydrogen-bond acceptors (Lipinski definition) is 4. The second-order valence-corrected chi connectivity index (χ2v) is 7.00. The molecule has 2 aromatic carbocycles. The summed E-state index contributed by atoms with van der Waals surface area (Å²) in [5, 5.41) is 0.557. The summed E-state index contributed by atoms with van der Waals surface area (Å²) >= 11 is 5.95. The zero-order valence-electron chi connectivity index (χ0n) is 15.9. The van der Waals surface area contributed by atoms with Crippen LogP contribution in [0, 0.1) is 0 Å². The molecule has 0 bridgehead atoms. The van der Waals surface area contributed by atoms with E-state index in [1.54, 1.807) is 72.4 Å². The maximum Gasteiger partial charge on any atom is 0.263 e. The van der Waals surface area contributed by atoms with Gasteiger partial charge in [0.25, 0.3) is 11.8 Å². The summed E-state index contributed by atoms with van der Waals surface area (Å²) in [6.45, 7) is 3.62. The number of benzene rings is 2. The molecule has 0 aromatic heterocycles. The number of nitrogens with zero attached hydrogens (tertiary/aromatic N) is 2. The van der Waals surface area contributed by atoms with Crippen LogP contribution in [-0.2, 0) is 4.79 Å². The van der Waals surface area contributed by atoms with Gasteiger partial charge in [-0.1, -0.05) is 23.7 Å². The molecule has 1 unspecified atom stereocenters. The number of amides is 2. The zero-order valence-corrected chi connectivity index (χ0v) is 16.7. The summed E-state index contributed by atoms with van der Waals surface area (Å²) in [5.74, 6) is 1.04. The standard InChI is InChI=1S/C21H23ClN2O4/c1-15(28-19-8-4-6-17(22)14-19)20(25)23-9-11-24(12-10-23)21(26)16-5-3-7-18(13-16)27-2/h3-8,13-15H,9-12H2,1-2H3. The first-order chi connectivity index (χ1) is 13.5. The Morgan fingerprint density at radius 3 is 2.29 bits per heavy atom. The van der Waals surface area contributed by atoms with E-state index in [4.69, 9.17) is 21.1 Å². The van der Waals surface area contributed by atoms with Crippen molar-refractivity contribution in [3.8, 4) is 11.5 Å². The first-order valence-corrected chi connectivity index (χ1v) is 9.50. The largest absolute Gasteiger partial charge is 0.497 e. The van der Waals surface area contributed by atoms with Crippen LogP contribution in [0.25, 0.3) is 0 Å². The van der Waals surface area contributed by atoms with Gasteiger partial charge in [0.2, 0.25) is 0 Å².